The van der Waals surface area contributed by atoms with Crippen LogP contribution >= 0.6 is 24.8 Å². The van der Waals surface area contributed by atoms with Crippen molar-refractivity contribution in [3.8, 4) is 5.75 Å². The van der Waals surface area contributed by atoms with E-state index >= 15 is 0 Å². The molecule has 3 atom stereocenters. The van der Waals surface area contributed by atoms with Gasteiger partial charge in [0.15, 0.2) is 0 Å². The monoisotopic (exact) mass is 578 g/mol. The molecular formula is C30H37Cl2FN2O4. The molecule has 2 aliphatic rings. The van der Waals surface area contributed by atoms with Crippen molar-refractivity contribution in [1.29, 1.82) is 0 Å². The van der Waals surface area contributed by atoms with Crippen molar-refractivity contribution >= 4 is 41.6 Å². The van der Waals surface area contributed by atoms with Crippen LogP contribution in [0.1, 0.15) is 35.2 Å². The Kier molecular flexibility index (Phi) is 10.6. The van der Waals surface area contributed by atoms with Crippen LogP contribution in [0.25, 0.3) is 10.8 Å². The third-order valence-electron chi connectivity index (χ3n) is 8.05. The number of likely N-dealkylation sites (N-methyl/N-ethyl adjacent to an activating group) is 1. The maximum absolute atomic E-state index is 13.3. The Morgan fingerprint density at radius 1 is 1.00 bits per heavy atom. The van der Waals surface area contributed by atoms with Crippen LogP contribution in [0.3, 0.4) is 0 Å². The first-order chi connectivity index (χ1) is 17.8. The number of benzene rings is 3. The number of piperazine rings is 1. The second-order valence-corrected chi connectivity index (χ2v) is 10.5. The predicted molar refractivity (Wildman–Crippen MR) is 156 cm³/mol. The van der Waals surface area contributed by atoms with Gasteiger partial charge in [0, 0.05) is 38.6 Å². The summed E-state index contributed by atoms with van der Waals surface area (Å²) in [6.45, 7) is 4.61. The molecular weight excluding hydrogens is 542 g/mol. The van der Waals surface area contributed by atoms with Gasteiger partial charge in [-0.15, -0.1) is 24.8 Å². The average molecular weight is 580 g/mol. The number of rotatable bonds is 6. The number of hydrogen-bond donors (Lipinski definition) is 1. The zero-order valence-corrected chi connectivity index (χ0v) is 24.0. The molecule has 6 nitrogen and oxygen atoms in total. The summed E-state index contributed by atoms with van der Waals surface area (Å²) in [5.41, 5.74) is 0.200. The highest BCUT2D eigenvalue weighted by atomic mass is 35.5. The van der Waals surface area contributed by atoms with Crippen LogP contribution in [0.5, 0.6) is 5.75 Å². The molecule has 0 radical (unpaired) electrons. The van der Waals surface area contributed by atoms with E-state index < -0.39 is 11.6 Å². The second kappa shape index (κ2) is 13.3. The van der Waals surface area contributed by atoms with E-state index in [1.54, 1.807) is 7.11 Å². The molecule has 0 spiro atoms. The quantitative estimate of drug-likeness (QED) is 0.401. The Balaban J connectivity index is 0.00000210. The molecule has 212 valence electrons. The minimum absolute atomic E-state index is 0. The number of fused-ring (bicyclic) bond motifs is 1. The highest BCUT2D eigenvalue weighted by Gasteiger charge is 2.45. The summed E-state index contributed by atoms with van der Waals surface area (Å²) in [5, 5.41) is 14.3. The number of nitrogens with zero attached hydrogens (tertiary/aromatic N) is 2. The van der Waals surface area contributed by atoms with Gasteiger partial charge in [-0.3, -0.25) is 0 Å². The van der Waals surface area contributed by atoms with E-state index in [2.05, 4.69) is 22.9 Å². The van der Waals surface area contributed by atoms with Crippen LogP contribution in [-0.4, -0.2) is 73.9 Å². The number of carbonyl (C=O) groups excluding carboxylic acids is 1. The molecule has 9 heteroatoms. The van der Waals surface area contributed by atoms with Gasteiger partial charge in [-0.25, -0.2) is 9.18 Å². The maximum Gasteiger partial charge on any atom is 0.338 e. The maximum atomic E-state index is 13.3. The molecule has 3 aromatic carbocycles. The van der Waals surface area contributed by atoms with Crippen LogP contribution in [0.4, 0.5) is 4.39 Å². The summed E-state index contributed by atoms with van der Waals surface area (Å²) in [6, 6.07) is 17.5. The minimum Gasteiger partial charge on any atom is -0.497 e. The molecule has 1 saturated heterocycles. The summed E-state index contributed by atoms with van der Waals surface area (Å²) >= 11 is 0. The van der Waals surface area contributed by atoms with Crippen molar-refractivity contribution in [2.24, 2.45) is 5.92 Å². The first kappa shape index (κ1) is 31.1. The SMILES string of the molecule is COc1ccc2cc(C3(O)CCC(OC(=O)c4ccc(F)cc4)CC3CN3CCN(C)CC3)ccc2c1.Cl.Cl. The first-order valence-electron chi connectivity index (χ1n) is 13.0. The van der Waals surface area contributed by atoms with Crippen LogP contribution in [0.15, 0.2) is 60.7 Å². The number of hydrogen-bond acceptors (Lipinski definition) is 6. The zero-order valence-electron chi connectivity index (χ0n) is 22.3. The van der Waals surface area contributed by atoms with Crippen molar-refractivity contribution in [2.75, 3.05) is 46.9 Å². The van der Waals surface area contributed by atoms with Crippen LogP contribution in [-0.2, 0) is 10.3 Å². The highest BCUT2D eigenvalue weighted by molar-refractivity contribution is 5.89. The molecule has 1 N–H and O–H groups in total. The van der Waals surface area contributed by atoms with Gasteiger partial charge < -0.3 is 24.4 Å². The molecule has 2 fully saturated rings. The zero-order chi connectivity index (χ0) is 26.0. The number of carbonyl (C=O) groups is 1. The molecule has 0 bridgehead atoms. The number of ether oxygens (including phenoxy) is 2. The first-order valence-corrected chi connectivity index (χ1v) is 13.0. The Morgan fingerprint density at radius 3 is 2.36 bits per heavy atom. The number of aliphatic hydroxyl groups is 1. The lowest BCUT2D eigenvalue weighted by Gasteiger charge is -2.46. The number of methoxy groups -OCH3 is 1. The third kappa shape index (κ3) is 7.02. The van der Waals surface area contributed by atoms with Crippen LogP contribution < -0.4 is 4.74 Å². The Morgan fingerprint density at radius 2 is 1.67 bits per heavy atom. The fourth-order valence-corrected chi connectivity index (χ4v) is 5.70. The number of esters is 1. The van der Waals surface area contributed by atoms with Gasteiger partial charge in [0.05, 0.1) is 18.3 Å². The van der Waals surface area contributed by atoms with Crippen molar-refractivity contribution < 1.29 is 23.8 Å². The van der Waals surface area contributed by atoms with Crippen molar-refractivity contribution in [1.82, 2.24) is 9.80 Å². The van der Waals surface area contributed by atoms with Gasteiger partial charge >= 0.3 is 5.97 Å². The second-order valence-electron chi connectivity index (χ2n) is 10.5. The van der Waals surface area contributed by atoms with Gasteiger partial charge in [-0.05, 0) is 85.1 Å². The molecule has 1 heterocycles. The normalized spacial score (nSPS) is 23.9. The summed E-state index contributed by atoms with van der Waals surface area (Å²) in [7, 11) is 3.78. The summed E-state index contributed by atoms with van der Waals surface area (Å²) in [4.78, 5) is 17.5. The minimum atomic E-state index is -1.03. The van der Waals surface area contributed by atoms with Crippen LogP contribution in [0, 0.1) is 11.7 Å². The van der Waals surface area contributed by atoms with E-state index in [1.807, 2.05) is 30.3 Å². The van der Waals surface area contributed by atoms with E-state index in [9.17, 15) is 14.3 Å². The largest absolute Gasteiger partial charge is 0.497 e. The van der Waals surface area contributed by atoms with Gasteiger partial charge in [-0.1, -0.05) is 18.2 Å². The van der Waals surface area contributed by atoms with E-state index in [1.165, 1.54) is 24.3 Å². The smallest absolute Gasteiger partial charge is 0.338 e. The molecule has 1 aliphatic heterocycles. The molecule has 39 heavy (non-hydrogen) atoms. The molecule has 5 rings (SSSR count). The molecule has 0 aromatic heterocycles. The Labute approximate surface area is 241 Å². The fourth-order valence-electron chi connectivity index (χ4n) is 5.70. The molecule has 3 unspecified atom stereocenters. The summed E-state index contributed by atoms with van der Waals surface area (Å²) in [6.07, 6.45) is 1.31. The molecule has 1 saturated carbocycles. The van der Waals surface area contributed by atoms with Gasteiger partial charge in [0.2, 0.25) is 0 Å². The molecule has 1 aliphatic carbocycles. The standard InChI is InChI=1S/C30H35FN2O4.2ClH/c1-32-13-15-33(16-14-32)20-25-19-28(37-29(34)21-4-8-26(31)9-5-21)11-12-30(25,35)24-7-3-23-18-27(36-2)10-6-22(23)17-24;;/h3-10,17-18,25,28,35H,11-16,19-20H2,1-2H3;2*1H. The van der Waals surface area contributed by atoms with Crippen molar-refractivity contribution in [3.05, 3.63) is 77.6 Å². The molecule has 3 aromatic rings. The topological polar surface area (TPSA) is 62.2 Å². The van der Waals surface area contributed by atoms with Crippen LogP contribution in [0.2, 0.25) is 0 Å². The van der Waals surface area contributed by atoms with Crippen molar-refractivity contribution in [3.63, 3.8) is 0 Å². The third-order valence-corrected chi connectivity index (χ3v) is 8.05. The van der Waals surface area contributed by atoms with Gasteiger partial charge in [-0.2, -0.15) is 0 Å². The highest BCUT2D eigenvalue weighted by Crippen LogP contribution is 2.44. The molecule has 0 amide bonds. The summed E-state index contributed by atoms with van der Waals surface area (Å²) < 4.78 is 24.5. The fraction of sp³-hybridized carbons (Fsp3) is 0.433. The van der Waals surface area contributed by atoms with Gasteiger partial charge in [0.25, 0.3) is 0 Å². The predicted octanol–water partition coefficient (Wildman–Crippen LogP) is 5.29. The number of halogens is 3. The van der Waals surface area contributed by atoms with Gasteiger partial charge in [0.1, 0.15) is 17.7 Å². The lowest BCUT2D eigenvalue weighted by molar-refractivity contribution is -0.100. The summed E-state index contributed by atoms with van der Waals surface area (Å²) in [5.74, 6) is -0.143. The average Bonchev–Trinajstić information content (AvgIpc) is 2.91. The van der Waals surface area contributed by atoms with E-state index in [4.69, 9.17) is 9.47 Å². The van der Waals surface area contributed by atoms with Crippen molar-refractivity contribution in [2.45, 2.75) is 31.0 Å². The Bertz CT molecular complexity index is 1250. The Hall–Kier alpha value is -2.42. The van der Waals surface area contributed by atoms with E-state index in [0.29, 0.717) is 24.8 Å². The van der Waals surface area contributed by atoms with E-state index in [-0.39, 0.29) is 42.7 Å². The lowest BCUT2D eigenvalue weighted by Crippen LogP contribution is -2.52. The van der Waals surface area contributed by atoms with E-state index in [0.717, 1.165) is 54.8 Å². The lowest BCUT2D eigenvalue weighted by atomic mass is 9.70.